The summed E-state index contributed by atoms with van der Waals surface area (Å²) in [5, 5.41) is 3.09. The Morgan fingerprint density at radius 3 is 2.61 bits per heavy atom. The fraction of sp³-hybridized carbons (Fsp3) is 0.667. The lowest BCUT2D eigenvalue weighted by molar-refractivity contribution is 0.156. The van der Waals surface area contributed by atoms with Crippen molar-refractivity contribution in [1.82, 2.24) is 9.97 Å². The fourth-order valence-corrected chi connectivity index (χ4v) is 1.59. The Bertz CT molecular complexity index is 347. The highest BCUT2D eigenvalue weighted by Gasteiger charge is 2.12. The van der Waals surface area contributed by atoms with Gasteiger partial charge in [0.2, 0.25) is 0 Å². The SMILES string of the molecule is CCCc1nc(NCC)cc(N(C)CC(F)F)n1. The second kappa shape index (κ2) is 7.08. The Balaban J connectivity index is 2.94. The van der Waals surface area contributed by atoms with Gasteiger partial charge in [-0.25, -0.2) is 18.7 Å². The van der Waals surface area contributed by atoms with Gasteiger partial charge < -0.3 is 10.2 Å². The molecule has 102 valence electrons. The van der Waals surface area contributed by atoms with Crippen LogP contribution in [-0.4, -0.2) is 36.5 Å². The lowest BCUT2D eigenvalue weighted by atomic mass is 10.3. The van der Waals surface area contributed by atoms with Crippen LogP contribution in [-0.2, 0) is 6.42 Å². The highest BCUT2D eigenvalue weighted by Crippen LogP contribution is 2.16. The second-order valence-electron chi connectivity index (χ2n) is 4.08. The maximum atomic E-state index is 12.4. The Hall–Kier alpha value is -1.46. The van der Waals surface area contributed by atoms with E-state index in [0.29, 0.717) is 17.5 Å². The number of hydrogen-bond acceptors (Lipinski definition) is 4. The molecule has 0 atom stereocenters. The van der Waals surface area contributed by atoms with Crippen molar-refractivity contribution in [3.8, 4) is 0 Å². The molecule has 0 spiro atoms. The zero-order valence-electron chi connectivity index (χ0n) is 11.1. The molecule has 1 aromatic rings. The molecule has 1 rings (SSSR count). The number of rotatable bonds is 7. The highest BCUT2D eigenvalue weighted by molar-refractivity contribution is 5.49. The predicted molar refractivity (Wildman–Crippen MR) is 69.5 cm³/mol. The number of nitrogens with one attached hydrogen (secondary N) is 1. The van der Waals surface area contributed by atoms with Gasteiger partial charge in [-0.15, -0.1) is 0 Å². The van der Waals surface area contributed by atoms with Crippen molar-refractivity contribution >= 4 is 11.6 Å². The van der Waals surface area contributed by atoms with Crippen LogP contribution >= 0.6 is 0 Å². The first kappa shape index (κ1) is 14.6. The van der Waals surface area contributed by atoms with Crippen molar-refractivity contribution in [2.45, 2.75) is 33.1 Å². The lowest BCUT2D eigenvalue weighted by Gasteiger charge is -2.19. The smallest absolute Gasteiger partial charge is 0.255 e. The van der Waals surface area contributed by atoms with Crippen molar-refractivity contribution in [2.75, 3.05) is 30.4 Å². The van der Waals surface area contributed by atoms with Gasteiger partial charge in [-0.2, -0.15) is 0 Å². The summed E-state index contributed by atoms with van der Waals surface area (Å²) in [6.45, 7) is 4.41. The maximum Gasteiger partial charge on any atom is 0.255 e. The monoisotopic (exact) mass is 258 g/mol. The standard InChI is InChI=1S/C12H20F2N4/c1-4-6-10-16-11(15-5-2)7-12(17-10)18(3)8-9(13)14/h7,9H,4-6,8H2,1-3H3,(H,15,16,17). The van der Waals surface area contributed by atoms with Gasteiger partial charge in [0.25, 0.3) is 6.43 Å². The topological polar surface area (TPSA) is 41.1 Å². The van der Waals surface area contributed by atoms with E-state index in [0.717, 1.165) is 19.4 Å². The zero-order chi connectivity index (χ0) is 13.5. The molecule has 0 saturated heterocycles. The number of anilines is 2. The number of aromatic nitrogens is 2. The number of alkyl halides is 2. The first-order valence-corrected chi connectivity index (χ1v) is 6.17. The van der Waals surface area contributed by atoms with E-state index in [-0.39, 0.29) is 6.54 Å². The molecular formula is C12H20F2N4. The third-order valence-corrected chi connectivity index (χ3v) is 2.39. The first-order chi connectivity index (χ1) is 8.56. The van der Waals surface area contributed by atoms with Gasteiger partial charge in [0.1, 0.15) is 17.5 Å². The molecule has 0 amide bonds. The minimum Gasteiger partial charge on any atom is -0.370 e. The molecule has 0 saturated carbocycles. The van der Waals surface area contributed by atoms with Crippen molar-refractivity contribution in [3.63, 3.8) is 0 Å². The summed E-state index contributed by atoms with van der Waals surface area (Å²) >= 11 is 0. The molecule has 6 heteroatoms. The molecule has 0 aromatic carbocycles. The zero-order valence-corrected chi connectivity index (χ0v) is 11.1. The van der Waals surface area contributed by atoms with E-state index in [4.69, 9.17) is 0 Å². The molecule has 18 heavy (non-hydrogen) atoms. The molecule has 0 radical (unpaired) electrons. The summed E-state index contributed by atoms with van der Waals surface area (Å²) in [6.07, 6.45) is -0.704. The van der Waals surface area contributed by atoms with Crippen molar-refractivity contribution in [1.29, 1.82) is 0 Å². The van der Waals surface area contributed by atoms with Crippen LogP contribution in [0.5, 0.6) is 0 Å². The molecule has 0 fully saturated rings. The Kier molecular flexibility index (Phi) is 5.74. The number of hydrogen-bond donors (Lipinski definition) is 1. The minimum atomic E-state index is -2.37. The van der Waals surface area contributed by atoms with Gasteiger partial charge in [-0.1, -0.05) is 6.92 Å². The average molecular weight is 258 g/mol. The fourth-order valence-electron chi connectivity index (χ4n) is 1.59. The summed E-state index contributed by atoms with van der Waals surface area (Å²) in [5.41, 5.74) is 0. The van der Waals surface area contributed by atoms with Gasteiger partial charge >= 0.3 is 0 Å². The Morgan fingerprint density at radius 1 is 1.33 bits per heavy atom. The quantitative estimate of drug-likeness (QED) is 0.816. The molecule has 4 nitrogen and oxygen atoms in total. The summed E-state index contributed by atoms with van der Waals surface area (Å²) in [7, 11) is 1.61. The van der Waals surface area contributed by atoms with Crippen LogP contribution in [0, 0.1) is 0 Å². The van der Waals surface area contributed by atoms with Crippen LogP contribution in [0.1, 0.15) is 26.1 Å². The molecule has 1 N–H and O–H groups in total. The largest absolute Gasteiger partial charge is 0.370 e. The van der Waals surface area contributed by atoms with Crippen LogP contribution < -0.4 is 10.2 Å². The minimum absolute atomic E-state index is 0.325. The Labute approximate surface area is 106 Å². The Morgan fingerprint density at radius 2 is 2.06 bits per heavy atom. The summed E-state index contributed by atoms with van der Waals surface area (Å²) < 4.78 is 24.7. The van der Waals surface area contributed by atoms with Crippen molar-refractivity contribution in [2.24, 2.45) is 0 Å². The third kappa shape index (κ3) is 4.43. The lowest BCUT2D eigenvalue weighted by Crippen LogP contribution is -2.25. The molecule has 1 heterocycles. The molecule has 0 bridgehead atoms. The maximum absolute atomic E-state index is 12.4. The van der Waals surface area contributed by atoms with E-state index in [1.807, 2.05) is 13.8 Å². The summed E-state index contributed by atoms with van der Waals surface area (Å²) in [4.78, 5) is 10.1. The van der Waals surface area contributed by atoms with E-state index < -0.39 is 6.43 Å². The van der Waals surface area contributed by atoms with E-state index in [9.17, 15) is 8.78 Å². The molecule has 0 aliphatic rings. The third-order valence-electron chi connectivity index (χ3n) is 2.39. The first-order valence-electron chi connectivity index (χ1n) is 6.17. The molecule has 0 aliphatic carbocycles. The van der Waals surface area contributed by atoms with Gasteiger partial charge in [-0.05, 0) is 13.3 Å². The van der Waals surface area contributed by atoms with Crippen LogP contribution in [0.3, 0.4) is 0 Å². The predicted octanol–water partition coefficient (Wildman–Crippen LogP) is 2.56. The van der Waals surface area contributed by atoms with E-state index in [1.54, 1.807) is 13.1 Å². The summed E-state index contributed by atoms with van der Waals surface area (Å²) in [5.74, 6) is 1.91. The van der Waals surface area contributed by atoms with Crippen LogP contribution in [0.25, 0.3) is 0 Å². The van der Waals surface area contributed by atoms with E-state index >= 15 is 0 Å². The van der Waals surface area contributed by atoms with Crippen LogP contribution in [0.2, 0.25) is 0 Å². The molecule has 0 unspecified atom stereocenters. The molecule has 0 aliphatic heterocycles. The van der Waals surface area contributed by atoms with Gasteiger partial charge in [0.15, 0.2) is 0 Å². The molecule has 1 aromatic heterocycles. The number of nitrogens with zero attached hydrogens (tertiary/aromatic N) is 3. The average Bonchev–Trinajstić information content (AvgIpc) is 2.28. The van der Waals surface area contributed by atoms with Crippen molar-refractivity contribution < 1.29 is 8.78 Å². The summed E-state index contributed by atoms with van der Waals surface area (Å²) in [6, 6.07) is 1.70. The normalized spacial score (nSPS) is 10.8. The van der Waals surface area contributed by atoms with Crippen LogP contribution in [0.4, 0.5) is 20.4 Å². The van der Waals surface area contributed by atoms with E-state index in [2.05, 4.69) is 15.3 Å². The number of aryl methyl sites for hydroxylation is 1. The highest BCUT2D eigenvalue weighted by atomic mass is 19.3. The van der Waals surface area contributed by atoms with Gasteiger partial charge in [0, 0.05) is 26.1 Å². The second-order valence-corrected chi connectivity index (χ2v) is 4.08. The number of halogens is 2. The van der Waals surface area contributed by atoms with Gasteiger partial charge in [0.05, 0.1) is 6.54 Å². The van der Waals surface area contributed by atoms with Crippen LogP contribution in [0.15, 0.2) is 6.07 Å². The molecular weight excluding hydrogens is 238 g/mol. The van der Waals surface area contributed by atoms with Crippen molar-refractivity contribution in [3.05, 3.63) is 11.9 Å². The van der Waals surface area contributed by atoms with Gasteiger partial charge in [-0.3, -0.25) is 0 Å². The van der Waals surface area contributed by atoms with E-state index in [1.165, 1.54) is 4.90 Å².